The van der Waals surface area contributed by atoms with Gasteiger partial charge in [0.05, 0.1) is 12.0 Å². The maximum atomic E-state index is 12.6. The number of hydrogen-bond donors (Lipinski definition) is 0. The van der Waals surface area contributed by atoms with E-state index >= 15 is 0 Å². The maximum Gasteiger partial charge on any atom is 0.170 e. The summed E-state index contributed by atoms with van der Waals surface area (Å²) in [6.07, 6.45) is 1.92. The Morgan fingerprint density at radius 2 is 1.81 bits per heavy atom. The molecule has 3 rings (SSSR count). The zero-order chi connectivity index (χ0) is 18.8. The molecule has 0 bridgehead atoms. The van der Waals surface area contributed by atoms with E-state index in [1.165, 1.54) is 13.8 Å². The molecule has 2 aromatic rings. The fourth-order valence-corrected chi connectivity index (χ4v) is 3.24. The van der Waals surface area contributed by atoms with Crippen LogP contribution < -0.4 is 4.74 Å². The average Bonchev–Trinajstić information content (AvgIpc) is 2.62. The Morgan fingerprint density at radius 3 is 2.38 bits per heavy atom. The molecule has 1 unspecified atom stereocenters. The number of rotatable bonds is 5. The normalized spacial score (nSPS) is 15.8. The topological polar surface area (TPSA) is 60.4 Å². The number of ether oxygens (including phenoxy) is 1. The Hall–Kier alpha value is -3.01. The molecule has 0 N–H and O–H groups in total. The third-order valence-electron chi connectivity index (χ3n) is 4.61. The van der Waals surface area contributed by atoms with Crippen LogP contribution in [0.5, 0.6) is 5.75 Å². The highest BCUT2D eigenvalue weighted by atomic mass is 16.5. The summed E-state index contributed by atoms with van der Waals surface area (Å²) >= 11 is 0. The second kappa shape index (κ2) is 7.08. The van der Waals surface area contributed by atoms with Crippen molar-refractivity contribution in [3.8, 4) is 5.75 Å². The molecule has 0 amide bonds. The fraction of sp³-hybridized carbons (Fsp3) is 0.227. The van der Waals surface area contributed by atoms with Crippen molar-refractivity contribution in [3.63, 3.8) is 0 Å². The summed E-state index contributed by atoms with van der Waals surface area (Å²) in [4.78, 5) is 36.0. The van der Waals surface area contributed by atoms with Crippen molar-refractivity contribution in [1.82, 2.24) is 0 Å². The van der Waals surface area contributed by atoms with Crippen molar-refractivity contribution in [2.75, 3.05) is 0 Å². The highest BCUT2D eigenvalue weighted by molar-refractivity contribution is 6.03. The highest BCUT2D eigenvalue weighted by Gasteiger charge is 2.30. The van der Waals surface area contributed by atoms with Gasteiger partial charge in [-0.1, -0.05) is 36.4 Å². The van der Waals surface area contributed by atoms with E-state index in [0.717, 1.165) is 5.56 Å². The summed E-state index contributed by atoms with van der Waals surface area (Å²) in [6.45, 7) is 6.75. The van der Waals surface area contributed by atoms with Crippen LogP contribution in [0.25, 0.3) is 0 Å². The van der Waals surface area contributed by atoms with Crippen LogP contribution in [-0.4, -0.2) is 17.3 Å². The summed E-state index contributed by atoms with van der Waals surface area (Å²) < 4.78 is 6.16. The van der Waals surface area contributed by atoms with Gasteiger partial charge < -0.3 is 4.74 Å². The van der Waals surface area contributed by atoms with Gasteiger partial charge in [0.25, 0.3) is 0 Å². The molecule has 1 atom stereocenters. The monoisotopic (exact) mass is 348 g/mol. The molecule has 4 nitrogen and oxygen atoms in total. The predicted octanol–water partition coefficient (Wildman–Crippen LogP) is 4.53. The number of allylic oxidation sites excluding steroid dienone is 1. The molecule has 2 aromatic carbocycles. The molecule has 1 aliphatic heterocycles. The minimum Gasteiger partial charge on any atom is -0.484 e. The molecule has 0 saturated heterocycles. The summed E-state index contributed by atoms with van der Waals surface area (Å²) in [5, 5.41) is 0. The molecule has 4 heteroatoms. The third-order valence-corrected chi connectivity index (χ3v) is 4.61. The van der Waals surface area contributed by atoms with Gasteiger partial charge in [0.2, 0.25) is 0 Å². The Labute approximate surface area is 152 Å². The molecule has 0 spiro atoms. The summed E-state index contributed by atoms with van der Waals surface area (Å²) in [5.74, 6) is 0.359. The Balaban J connectivity index is 2.04. The number of ketones is 3. The fourth-order valence-electron chi connectivity index (χ4n) is 3.24. The Morgan fingerprint density at radius 1 is 1.12 bits per heavy atom. The largest absolute Gasteiger partial charge is 0.484 e. The quantitative estimate of drug-likeness (QED) is 0.588. The van der Waals surface area contributed by atoms with Crippen molar-refractivity contribution in [1.29, 1.82) is 0 Å². The van der Waals surface area contributed by atoms with Gasteiger partial charge in [0, 0.05) is 16.7 Å². The third kappa shape index (κ3) is 3.23. The first-order chi connectivity index (χ1) is 12.4. The van der Waals surface area contributed by atoms with Crippen molar-refractivity contribution in [3.05, 3.63) is 76.9 Å². The van der Waals surface area contributed by atoms with Gasteiger partial charge in [-0.3, -0.25) is 14.4 Å². The Bertz CT molecular complexity index is 906. The number of fused-ring (bicyclic) bond motifs is 1. The first kappa shape index (κ1) is 17.8. The van der Waals surface area contributed by atoms with Gasteiger partial charge >= 0.3 is 0 Å². The molecular weight excluding hydrogens is 328 g/mol. The number of Topliss-reactive ketones (excluding diaryl/α,β-unsaturated/α-hetero) is 3. The van der Waals surface area contributed by atoms with Gasteiger partial charge in [-0.05, 0) is 31.9 Å². The zero-order valence-corrected chi connectivity index (χ0v) is 14.9. The number of hydrogen-bond acceptors (Lipinski definition) is 4. The number of benzene rings is 2. The van der Waals surface area contributed by atoms with Crippen LogP contribution in [0.15, 0.2) is 49.1 Å². The van der Waals surface area contributed by atoms with Gasteiger partial charge in [-0.15, -0.1) is 6.58 Å². The van der Waals surface area contributed by atoms with E-state index in [-0.39, 0.29) is 23.8 Å². The molecule has 0 aliphatic carbocycles. The van der Waals surface area contributed by atoms with Crippen LogP contribution in [0.2, 0.25) is 0 Å². The SMILES string of the molecule is C=CCc1c(C(C)=O)ccc2c1OC(c1ccc(C(C)=O)cc1)CC2=O. The maximum absolute atomic E-state index is 12.6. The minimum absolute atomic E-state index is 0.0121. The second-order valence-electron chi connectivity index (χ2n) is 6.43. The molecule has 1 heterocycles. The van der Waals surface area contributed by atoms with Crippen LogP contribution in [0.3, 0.4) is 0 Å². The van der Waals surface area contributed by atoms with E-state index in [4.69, 9.17) is 4.74 Å². The molecule has 26 heavy (non-hydrogen) atoms. The van der Waals surface area contributed by atoms with E-state index in [0.29, 0.717) is 34.4 Å². The minimum atomic E-state index is -0.443. The van der Waals surface area contributed by atoms with Gasteiger partial charge in [-0.25, -0.2) is 0 Å². The van der Waals surface area contributed by atoms with E-state index < -0.39 is 6.10 Å². The number of carbonyl (C=O) groups excluding carboxylic acids is 3. The second-order valence-corrected chi connectivity index (χ2v) is 6.43. The highest BCUT2D eigenvalue weighted by Crippen LogP contribution is 2.39. The van der Waals surface area contributed by atoms with Crippen LogP contribution in [0.1, 0.15) is 68.6 Å². The van der Waals surface area contributed by atoms with Gasteiger partial charge in [0.1, 0.15) is 11.9 Å². The first-order valence-corrected chi connectivity index (χ1v) is 8.50. The van der Waals surface area contributed by atoms with Crippen molar-refractivity contribution < 1.29 is 19.1 Å². The van der Waals surface area contributed by atoms with Crippen molar-refractivity contribution in [2.24, 2.45) is 0 Å². The van der Waals surface area contributed by atoms with E-state index in [9.17, 15) is 14.4 Å². The van der Waals surface area contributed by atoms with Crippen LogP contribution in [-0.2, 0) is 6.42 Å². The van der Waals surface area contributed by atoms with Crippen LogP contribution >= 0.6 is 0 Å². The molecule has 132 valence electrons. The lowest BCUT2D eigenvalue weighted by molar-refractivity contribution is 0.0844. The van der Waals surface area contributed by atoms with Crippen LogP contribution in [0.4, 0.5) is 0 Å². The zero-order valence-electron chi connectivity index (χ0n) is 14.9. The summed E-state index contributed by atoms with van der Waals surface area (Å²) in [6, 6.07) is 10.4. The lowest BCUT2D eigenvalue weighted by atomic mass is 9.90. The summed E-state index contributed by atoms with van der Waals surface area (Å²) in [7, 11) is 0. The molecular formula is C22H20O4. The average molecular weight is 348 g/mol. The standard InChI is InChI=1S/C22H20O4/c1-4-5-18-17(14(3)24)10-11-19-20(25)12-21(26-22(18)19)16-8-6-15(7-9-16)13(2)23/h4,6-11,21H,1,5,12H2,2-3H3. The molecule has 1 aliphatic rings. The lowest BCUT2D eigenvalue weighted by Crippen LogP contribution is -2.22. The van der Waals surface area contributed by atoms with E-state index in [2.05, 4.69) is 6.58 Å². The predicted molar refractivity (Wildman–Crippen MR) is 99.1 cm³/mol. The van der Waals surface area contributed by atoms with E-state index in [1.54, 1.807) is 30.3 Å². The smallest absolute Gasteiger partial charge is 0.170 e. The van der Waals surface area contributed by atoms with Crippen molar-refractivity contribution >= 4 is 17.3 Å². The first-order valence-electron chi connectivity index (χ1n) is 8.50. The van der Waals surface area contributed by atoms with E-state index in [1.807, 2.05) is 12.1 Å². The lowest BCUT2D eigenvalue weighted by Gasteiger charge is -2.28. The van der Waals surface area contributed by atoms with Gasteiger partial charge in [-0.2, -0.15) is 0 Å². The molecule has 0 radical (unpaired) electrons. The van der Waals surface area contributed by atoms with Gasteiger partial charge in [0.15, 0.2) is 17.3 Å². The van der Waals surface area contributed by atoms with Crippen LogP contribution in [0, 0.1) is 0 Å². The Kier molecular flexibility index (Phi) is 4.85. The molecule has 0 fully saturated rings. The molecule has 0 saturated carbocycles. The number of carbonyl (C=O) groups is 3. The molecule has 0 aromatic heterocycles. The summed E-state index contributed by atoms with van der Waals surface area (Å²) in [5.41, 5.74) is 3.19. The van der Waals surface area contributed by atoms with Crippen molar-refractivity contribution in [2.45, 2.75) is 32.8 Å².